The molecule has 2 N–H and O–H groups in total. The number of nitrogens with one attached hydrogen (secondary N) is 2. The van der Waals surface area contributed by atoms with Crippen LogP contribution in [0.3, 0.4) is 0 Å². The Balaban J connectivity index is 1.78. The van der Waals surface area contributed by atoms with Crippen LogP contribution in [0.1, 0.15) is 23.0 Å². The fourth-order valence-corrected chi connectivity index (χ4v) is 2.91. The molecule has 8 nitrogen and oxygen atoms in total. The first-order chi connectivity index (χ1) is 14.1. The van der Waals surface area contributed by atoms with E-state index in [1.54, 1.807) is 25.5 Å². The molecule has 0 radical (unpaired) electrons. The molecular formula is C21H23N3O5. The van der Waals surface area contributed by atoms with Crippen LogP contribution in [0.2, 0.25) is 0 Å². The third kappa shape index (κ3) is 4.26. The molecule has 3 aromatic rings. The summed E-state index contributed by atoms with van der Waals surface area (Å²) in [5, 5.41) is 4.76. The monoisotopic (exact) mass is 397 g/mol. The summed E-state index contributed by atoms with van der Waals surface area (Å²) in [5.74, 6) is 1.81. The molecule has 0 atom stereocenters. The summed E-state index contributed by atoms with van der Waals surface area (Å²) in [6.07, 6.45) is 1.56. The Labute approximate surface area is 168 Å². The van der Waals surface area contributed by atoms with Crippen LogP contribution in [-0.4, -0.2) is 45.0 Å². The van der Waals surface area contributed by atoms with Crippen molar-refractivity contribution >= 4 is 23.0 Å². The van der Waals surface area contributed by atoms with Gasteiger partial charge >= 0.3 is 0 Å². The van der Waals surface area contributed by atoms with Gasteiger partial charge in [-0.25, -0.2) is 5.43 Å². The second-order valence-corrected chi connectivity index (χ2v) is 5.99. The molecule has 0 aliphatic heterocycles. The minimum absolute atomic E-state index is 0.331. The molecule has 2 aromatic carbocycles. The average molecular weight is 397 g/mol. The molecule has 0 fully saturated rings. The molecule has 0 aliphatic rings. The van der Waals surface area contributed by atoms with E-state index in [0.717, 1.165) is 16.7 Å². The molecule has 0 saturated heterocycles. The van der Waals surface area contributed by atoms with Crippen LogP contribution in [-0.2, 0) is 0 Å². The van der Waals surface area contributed by atoms with Gasteiger partial charge < -0.3 is 23.9 Å². The first-order valence-electron chi connectivity index (χ1n) is 8.99. The van der Waals surface area contributed by atoms with E-state index < -0.39 is 0 Å². The minimum atomic E-state index is -0.386. The van der Waals surface area contributed by atoms with Crippen molar-refractivity contribution in [2.75, 3.05) is 27.9 Å². The number of nitrogens with zero attached hydrogens (tertiary/aromatic N) is 1. The smallest absolute Gasteiger partial charge is 0.287 e. The van der Waals surface area contributed by atoms with Crippen LogP contribution in [0.4, 0.5) is 0 Å². The summed E-state index contributed by atoms with van der Waals surface area (Å²) in [6, 6.07) is 10.9. The van der Waals surface area contributed by atoms with Crippen molar-refractivity contribution < 1.29 is 23.7 Å². The summed E-state index contributed by atoms with van der Waals surface area (Å²) >= 11 is 0. The maximum absolute atomic E-state index is 12.5. The number of aromatic nitrogens is 1. The van der Waals surface area contributed by atoms with Crippen molar-refractivity contribution in [3.8, 4) is 23.0 Å². The van der Waals surface area contributed by atoms with Crippen molar-refractivity contribution in [2.24, 2.45) is 5.10 Å². The second-order valence-electron chi connectivity index (χ2n) is 5.99. The van der Waals surface area contributed by atoms with Crippen molar-refractivity contribution in [1.82, 2.24) is 10.4 Å². The van der Waals surface area contributed by atoms with Gasteiger partial charge in [0.25, 0.3) is 5.91 Å². The number of hydrogen-bond acceptors (Lipinski definition) is 6. The summed E-state index contributed by atoms with van der Waals surface area (Å²) in [7, 11) is 4.59. The van der Waals surface area contributed by atoms with Gasteiger partial charge in [-0.15, -0.1) is 0 Å². The lowest BCUT2D eigenvalue weighted by Gasteiger charge is -2.12. The first kappa shape index (κ1) is 20.1. The number of ether oxygens (including phenoxy) is 4. The SMILES string of the molecule is CCOc1ccc(/C=N/NC(=O)c2cc3cc(OC)c(OC)c(OC)c3[nH]2)cc1. The molecule has 1 aromatic heterocycles. The number of carbonyl (C=O) groups is 1. The van der Waals surface area contributed by atoms with E-state index in [0.29, 0.717) is 35.1 Å². The normalized spacial score (nSPS) is 10.9. The number of fused-ring (bicyclic) bond motifs is 1. The van der Waals surface area contributed by atoms with Gasteiger partial charge in [-0.3, -0.25) is 4.79 Å². The van der Waals surface area contributed by atoms with Crippen LogP contribution >= 0.6 is 0 Å². The molecule has 0 bridgehead atoms. The van der Waals surface area contributed by atoms with Crippen molar-refractivity contribution in [1.29, 1.82) is 0 Å². The highest BCUT2D eigenvalue weighted by atomic mass is 16.5. The van der Waals surface area contributed by atoms with Gasteiger partial charge in [0.05, 0.1) is 39.7 Å². The molecule has 152 valence electrons. The lowest BCUT2D eigenvalue weighted by atomic mass is 10.2. The van der Waals surface area contributed by atoms with Gasteiger partial charge in [0.1, 0.15) is 11.4 Å². The van der Waals surface area contributed by atoms with Crippen molar-refractivity contribution in [3.63, 3.8) is 0 Å². The van der Waals surface area contributed by atoms with E-state index in [1.165, 1.54) is 14.2 Å². The molecule has 0 aliphatic carbocycles. The fourth-order valence-electron chi connectivity index (χ4n) is 2.91. The number of carbonyl (C=O) groups excluding carboxylic acids is 1. The van der Waals surface area contributed by atoms with Crippen LogP contribution in [0.15, 0.2) is 41.5 Å². The Morgan fingerprint density at radius 3 is 2.41 bits per heavy atom. The zero-order valence-electron chi connectivity index (χ0n) is 16.7. The van der Waals surface area contributed by atoms with Gasteiger partial charge in [0.2, 0.25) is 5.75 Å². The van der Waals surface area contributed by atoms with E-state index in [-0.39, 0.29) is 5.91 Å². The van der Waals surface area contributed by atoms with Gasteiger partial charge in [-0.2, -0.15) is 5.10 Å². The second kappa shape index (κ2) is 9.01. The molecule has 29 heavy (non-hydrogen) atoms. The molecule has 3 rings (SSSR count). The van der Waals surface area contributed by atoms with E-state index >= 15 is 0 Å². The highest BCUT2D eigenvalue weighted by Gasteiger charge is 2.19. The van der Waals surface area contributed by atoms with Crippen LogP contribution in [0.25, 0.3) is 10.9 Å². The number of methoxy groups -OCH3 is 3. The fraction of sp³-hybridized carbons (Fsp3) is 0.238. The van der Waals surface area contributed by atoms with Gasteiger partial charge in [-0.05, 0) is 48.9 Å². The highest BCUT2D eigenvalue weighted by molar-refractivity contribution is 6.01. The van der Waals surface area contributed by atoms with Crippen molar-refractivity contribution in [3.05, 3.63) is 47.7 Å². The summed E-state index contributed by atoms with van der Waals surface area (Å²) in [5.41, 5.74) is 4.30. The predicted molar refractivity (Wildman–Crippen MR) is 111 cm³/mol. The van der Waals surface area contributed by atoms with Crippen LogP contribution in [0.5, 0.6) is 23.0 Å². The predicted octanol–water partition coefficient (Wildman–Crippen LogP) is 3.36. The maximum Gasteiger partial charge on any atom is 0.287 e. The van der Waals surface area contributed by atoms with Crippen LogP contribution < -0.4 is 24.4 Å². The molecule has 1 amide bonds. The lowest BCUT2D eigenvalue weighted by molar-refractivity contribution is 0.0951. The Morgan fingerprint density at radius 2 is 1.79 bits per heavy atom. The van der Waals surface area contributed by atoms with Gasteiger partial charge in [0.15, 0.2) is 11.5 Å². The lowest BCUT2D eigenvalue weighted by Crippen LogP contribution is -2.17. The van der Waals surface area contributed by atoms with Crippen molar-refractivity contribution in [2.45, 2.75) is 6.92 Å². The topological polar surface area (TPSA) is 94.2 Å². The van der Waals surface area contributed by atoms with E-state index in [4.69, 9.17) is 18.9 Å². The molecule has 0 saturated carbocycles. The molecular weight excluding hydrogens is 374 g/mol. The summed E-state index contributed by atoms with van der Waals surface area (Å²) in [4.78, 5) is 15.5. The molecule has 0 unspecified atom stereocenters. The molecule has 8 heteroatoms. The molecule has 0 spiro atoms. The zero-order chi connectivity index (χ0) is 20.8. The van der Waals surface area contributed by atoms with E-state index in [9.17, 15) is 4.79 Å². The van der Waals surface area contributed by atoms with Crippen LogP contribution in [0, 0.1) is 0 Å². The summed E-state index contributed by atoms with van der Waals surface area (Å²) < 4.78 is 21.6. The standard InChI is InChI=1S/C21H23N3O5/c1-5-29-15-8-6-13(7-9-15)12-22-24-21(25)16-10-14-11-17(26-2)19(27-3)20(28-4)18(14)23-16/h6-12,23H,5H2,1-4H3,(H,24,25)/b22-12+. The average Bonchev–Trinajstić information content (AvgIpc) is 3.17. The Kier molecular flexibility index (Phi) is 6.23. The quantitative estimate of drug-likeness (QED) is 0.449. The number of amides is 1. The number of hydrazone groups is 1. The number of aromatic amines is 1. The molecule has 1 heterocycles. The third-order valence-corrected chi connectivity index (χ3v) is 4.24. The minimum Gasteiger partial charge on any atom is -0.494 e. The first-order valence-corrected chi connectivity index (χ1v) is 8.99. The van der Waals surface area contributed by atoms with Gasteiger partial charge in [0, 0.05) is 5.39 Å². The van der Waals surface area contributed by atoms with Gasteiger partial charge in [-0.1, -0.05) is 0 Å². The largest absolute Gasteiger partial charge is 0.494 e. The zero-order valence-corrected chi connectivity index (χ0v) is 16.7. The highest BCUT2D eigenvalue weighted by Crippen LogP contribution is 2.43. The number of H-pyrrole nitrogens is 1. The number of hydrogen-bond donors (Lipinski definition) is 2. The van der Waals surface area contributed by atoms with E-state index in [1.807, 2.05) is 31.2 Å². The Hall–Kier alpha value is -3.68. The Bertz CT molecular complexity index is 1020. The Morgan fingerprint density at radius 1 is 1.07 bits per heavy atom. The summed E-state index contributed by atoms with van der Waals surface area (Å²) in [6.45, 7) is 2.53. The third-order valence-electron chi connectivity index (χ3n) is 4.24. The number of rotatable bonds is 8. The van der Waals surface area contributed by atoms with E-state index in [2.05, 4.69) is 15.5 Å². The maximum atomic E-state index is 12.5. The number of benzene rings is 2.